The maximum atomic E-state index is 13.0. The number of hydrogen-bond donors (Lipinski definition) is 2. The maximum absolute atomic E-state index is 13.0. The number of rotatable bonds is 7. The highest BCUT2D eigenvalue weighted by Crippen LogP contribution is 2.40. The second-order valence-corrected chi connectivity index (χ2v) is 9.59. The number of sulfonamides is 1. The first kappa shape index (κ1) is 25.0. The molecule has 0 saturated heterocycles. The Hall–Kier alpha value is -4.15. The second-order valence-electron chi connectivity index (χ2n) is 7.47. The highest BCUT2D eigenvalue weighted by molar-refractivity contribution is 7.92. The number of amides is 1. The number of anilines is 1. The Bertz CT molecular complexity index is 1590. The Morgan fingerprint density at radius 3 is 2.25 bits per heavy atom. The number of hydrogen-bond acceptors (Lipinski definition) is 7. The van der Waals surface area contributed by atoms with Gasteiger partial charge < -0.3 is 14.6 Å². The molecule has 0 fully saturated rings. The number of aromatic hydroxyl groups is 1. The molecule has 2 N–H and O–H groups in total. The van der Waals surface area contributed by atoms with Crippen LogP contribution in [0.25, 0.3) is 10.8 Å². The van der Waals surface area contributed by atoms with Crippen molar-refractivity contribution in [3.05, 3.63) is 83.4 Å². The van der Waals surface area contributed by atoms with Gasteiger partial charge in [0.15, 0.2) is 17.2 Å². The normalized spacial score (nSPS) is 11.5. The summed E-state index contributed by atoms with van der Waals surface area (Å²) in [5.41, 5.74) is 0.225. The molecule has 0 aliphatic rings. The Morgan fingerprint density at radius 2 is 1.58 bits per heavy atom. The molecule has 0 radical (unpaired) electrons. The minimum Gasteiger partial charge on any atom is -0.505 e. The molecule has 4 aromatic carbocycles. The molecule has 36 heavy (non-hydrogen) atoms. The number of carbonyl (C=O) groups excluding carboxylic acids is 1. The van der Waals surface area contributed by atoms with Crippen molar-refractivity contribution in [2.75, 3.05) is 18.9 Å². The molecular weight excluding hydrogens is 506 g/mol. The van der Waals surface area contributed by atoms with Crippen LogP contribution in [0.1, 0.15) is 10.4 Å². The fourth-order valence-corrected chi connectivity index (χ4v) is 4.65. The standard InChI is InChI=1S/C25H20ClN3O6S/c1-34-22-12-7-15(13-23(22)35-2)25(31)28-27-21-14-20(18-5-3-4-6-19(18)24(21)30)29-36(32,33)17-10-8-16(26)9-11-17/h3-14,29-30H,1-2H3. The molecule has 0 bridgehead atoms. The molecule has 184 valence electrons. The lowest BCUT2D eigenvalue weighted by Gasteiger charge is -2.13. The summed E-state index contributed by atoms with van der Waals surface area (Å²) in [6.07, 6.45) is 0. The van der Waals surface area contributed by atoms with Crippen LogP contribution in [0.15, 0.2) is 87.9 Å². The van der Waals surface area contributed by atoms with Crippen LogP contribution in [0.4, 0.5) is 11.4 Å². The van der Waals surface area contributed by atoms with E-state index in [1.54, 1.807) is 30.3 Å². The first-order valence-corrected chi connectivity index (χ1v) is 12.3. The Labute approximate surface area is 212 Å². The van der Waals surface area contributed by atoms with Gasteiger partial charge in [0.05, 0.1) is 24.8 Å². The molecule has 0 atom stereocenters. The molecule has 0 heterocycles. The van der Waals surface area contributed by atoms with E-state index in [4.69, 9.17) is 21.1 Å². The van der Waals surface area contributed by atoms with E-state index in [0.29, 0.717) is 27.3 Å². The quantitative estimate of drug-likeness (QED) is 0.227. The fraction of sp³-hybridized carbons (Fsp3) is 0.0800. The van der Waals surface area contributed by atoms with Gasteiger partial charge in [-0.15, -0.1) is 10.2 Å². The van der Waals surface area contributed by atoms with E-state index < -0.39 is 15.9 Å². The zero-order chi connectivity index (χ0) is 25.9. The lowest BCUT2D eigenvalue weighted by Crippen LogP contribution is -2.13. The number of methoxy groups -OCH3 is 2. The predicted molar refractivity (Wildman–Crippen MR) is 136 cm³/mol. The molecule has 4 aromatic rings. The van der Waals surface area contributed by atoms with Crippen LogP contribution in [0.3, 0.4) is 0 Å². The largest absolute Gasteiger partial charge is 0.505 e. The van der Waals surface area contributed by atoms with E-state index in [2.05, 4.69) is 15.0 Å². The number of phenolic OH excluding ortho intramolecular Hbond substituents is 1. The third-order valence-corrected chi connectivity index (χ3v) is 6.88. The average Bonchev–Trinajstić information content (AvgIpc) is 2.89. The Kier molecular flexibility index (Phi) is 7.09. The van der Waals surface area contributed by atoms with E-state index in [1.165, 1.54) is 56.7 Å². The number of ether oxygens (including phenoxy) is 2. The van der Waals surface area contributed by atoms with Crippen molar-refractivity contribution in [1.82, 2.24) is 0 Å². The number of nitrogens with one attached hydrogen (secondary N) is 1. The Morgan fingerprint density at radius 1 is 0.917 bits per heavy atom. The summed E-state index contributed by atoms with van der Waals surface area (Å²) in [5.74, 6) is -0.183. The van der Waals surface area contributed by atoms with Gasteiger partial charge in [-0.25, -0.2) is 8.42 Å². The van der Waals surface area contributed by atoms with Crippen LogP contribution < -0.4 is 14.2 Å². The van der Waals surface area contributed by atoms with Crippen LogP contribution >= 0.6 is 11.6 Å². The lowest BCUT2D eigenvalue weighted by atomic mass is 10.1. The van der Waals surface area contributed by atoms with Gasteiger partial charge in [0.2, 0.25) is 0 Å². The summed E-state index contributed by atoms with van der Waals surface area (Å²) in [7, 11) is -1.08. The molecule has 0 unspecified atom stereocenters. The van der Waals surface area contributed by atoms with Crippen LogP contribution in [0.5, 0.6) is 17.2 Å². The highest BCUT2D eigenvalue weighted by atomic mass is 35.5. The second kappa shape index (κ2) is 10.2. The van der Waals surface area contributed by atoms with E-state index in [-0.39, 0.29) is 27.6 Å². The van der Waals surface area contributed by atoms with E-state index in [1.807, 2.05) is 0 Å². The van der Waals surface area contributed by atoms with E-state index in [0.717, 1.165) is 0 Å². The van der Waals surface area contributed by atoms with Gasteiger partial charge >= 0.3 is 0 Å². The highest BCUT2D eigenvalue weighted by Gasteiger charge is 2.19. The minimum absolute atomic E-state index is 0.00383. The molecule has 1 amide bonds. The molecule has 0 spiro atoms. The molecular formula is C25H20ClN3O6S. The zero-order valence-electron chi connectivity index (χ0n) is 19.1. The number of halogens is 1. The average molecular weight is 526 g/mol. The minimum atomic E-state index is -4.00. The molecule has 0 saturated carbocycles. The lowest BCUT2D eigenvalue weighted by molar-refractivity contribution is 0.0994. The number of fused-ring (bicyclic) bond motifs is 1. The van der Waals surface area contributed by atoms with Crippen LogP contribution in [-0.4, -0.2) is 33.7 Å². The molecule has 0 aromatic heterocycles. The van der Waals surface area contributed by atoms with Gasteiger partial charge in [0.25, 0.3) is 15.9 Å². The van der Waals surface area contributed by atoms with Crippen molar-refractivity contribution < 1.29 is 27.8 Å². The third-order valence-electron chi connectivity index (χ3n) is 5.24. The Balaban J connectivity index is 1.72. The van der Waals surface area contributed by atoms with Crippen molar-refractivity contribution in [3.63, 3.8) is 0 Å². The fourth-order valence-electron chi connectivity index (χ4n) is 3.45. The monoisotopic (exact) mass is 525 g/mol. The molecule has 9 nitrogen and oxygen atoms in total. The van der Waals surface area contributed by atoms with Gasteiger partial charge in [-0.05, 0) is 48.5 Å². The summed E-state index contributed by atoms with van der Waals surface area (Å²) < 4.78 is 38.8. The van der Waals surface area contributed by atoms with Gasteiger partial charge in [0.1, 0.15) is 5.69 Å². The summed E-state index contributed by atoms with van der Waals surface area (Å²) in [5, 5.41) is 19.5. The van der Waals surface area contributed by atoms with Gasteiger partial charge in [0, 0.05) is 21.4 Å². The maximum Gasteiger partial charge on any atom is 0.295 e. The van der Waals surface area contributed by atoms with Gasteiger partial charge in [-0.1, -0.05) is 35.9 Å². The number of nitrogens with zero attached hydrogens (tertiary/aromatic N) is 2. The number of phenols is 1. The van der Waals surface area contributed by atoms with Crippen LogP contribution in [0.2, 0.25) is 5.02 Å². The zero-order valence-corrected chi connectivity index (χ0v) is 20.7. The van der Waals surface area contributed by atoms with E-state index in [9.17, 15) is 18.3 Å². The first-order chi connectivity index (χ1) is 17.2. The smallest absolute Gasteiger partial charge is 0.295 e. The summed E-state index contributed by atoms with van der Waals surface area (Å²) in [4.78, 5) is 12.6. The van der Waals surface area contributed by atoms with Crippen molar-refractivity contribution in [2.24, 2.45) is 10.2 Å². The SMILES string of the molecule is COc1ccc(C(=O)N=Nc2cc(NS(=O)(=O)c3ccc(Cl)cc3)c3ccccc3c2O)cc1OC. The number of carbonyl (C=O) groups is 1. The molecule has 11 heteroatoms. The number of azo groups is 1. The van der Waals surface area contributed by atoms with Gasteiger partial charge in [-0.3, -0.25) is 9.52 Å². The van der Waals surface area contributed by atoms with Crippen molar-refractivity contribution >= 4 is 49.7 Å². The summed E-state index contributed by atoms with van der Waals surface area (Å²) in [6, 6.07) is 18.1. The van der Waals surface area contributed by atoms with Crippen molar-refractivity contribution in [2.45, 2.75) is 4.90 Å². The number of benzene rings is 4. The van der Waals surface area contributed by atoms with Crippen molar-refractivity contribution in [3.8, 4) is 17.2 Å². The third kappa shape index (κ3) is 5.09. The molecule has 0 aliphatic heterocycles. The summed E-state index contributed by atoms with van der Waals surface area (Å²) in [6.45, 7) is 0. The van der Waals surface area contributed by atoms with Crippen LogP contribution in [0, 0.1) is 0 Å². The van der Waals surface area contributed by atoms with Crippen molar-refractivity contribution in [1.29, 1.82) is 0 Å². The predicted octanol–water partition coefficient (Wildman–Crippen LogP) is 5.94. The van der Waals surface area contributed by atoms with Gasteiger partial charge in [-0.2, -0.15) is 0 Å². The molecule has 4 rings (SSSR count). The van der Waals surface area contributed by atoms with Crippen LogP contribution in [-0.2, 0) is 10.0 Å². The summed E-state index contributed by atoms with van der Waals surface area (Å²) >= 11 is 5.87. The topological polar surface area (TPSA) is 127 Å². The molecule has 0 aliphatic carbocycles. The first-order valence-electron chi connectivity index (χ1n) is 10.4. The van der Waals surface area contributed by atoms with E-state index >= 15 is 0 Å².